The number of nitrogens with one attached hydrogen (secondary N) is 1. The molecule has 1 aromatic rings. The van der Waals surface area contributed by atoms with E-state index < -0.39 is 0 Å². The molecular formula is C10H12N2O2. The molecule has 2 rings (SSSR count). The van der Waals surface area contributed by atoms with Crippen molar-refractivity contribution < 1.29 is 9.90 Å². The number of urea groups is 1. The van der Waals surface area contributed by atoms with Crippen LogP contribution in [-0.2, 0) is 0 Å². The van der Waals surface area contributed by atoms with E-state index in [1.165, 1.54) is 0 Å². The number of benzene rings is 1. The van der Waals surface area contributed by atoms with Crippen LogP contribution in [0.4, 0.5) is 4.79 Å². The lowest BCUT2D eigenvalue weighted by molar-refractivity contribution is 0.226. The minimum absolute atomic E-state index is 0.0143. The molecule has 1 unspecified atom stereocenters. The molecule has 74 valence electrons. The van der Waals surface area contributed by atoms with Crippen molar-refractivity contribution in [3.63, 3.8) is 0 Å². The Bertz CT molecular complexity index is 365. The third-order valence-electron chi connectivity index (χ3n) is 2.37. The molecule has 0 saturated carbocycles. The van der Waals surface area contributed by atoms with Crippen molar-refractivity contribution in [1.82, 2.24) is 10.2 Å². The van der Waals surface area contributed by atoms with Crippen LogP contribution in [0.2, 0.25) is 0 Å². The number of carbonyl (C=O) groups excluding carboxylic acids is 1. The Morgan fingerprint density at radius 1 is 1.57 bits per heavy atom. The number of hydrogen-bond acceptors (Lipinski definition) is 2. The van der Waals surface area contributed by atoms with Gasteiger partial charge < -0.3 is 15.3 Å². The van der Waals surface area contributed by atoms with Gasteiger partial charge in [0, 0.05) is 13.6 Å². The van der Waals surface area contributed by atoms with Gasteiger partial charge in [-0.3, -0.25) is 0 Å². The number of carbonyl (C=O) groups is 1. The van der Waals surface area contributed by atoms with Crippen LogP contribution in [0.1, 0.15) is 11.6 Å². The predicted octanol–water partition coefficient (Wildman–Crippen LogP) is 1.09. The van der Waals surface area contributed by atoms with E-state index >= 15 is 0 Å². The summed E-state index contributed by atoms with van der Waals surface area (Å²) in [7, 11) is 1.75. The van der Waals surface area contributed by atoms with E-state index in [9.17, 15) is 9.90 Å². The van der Waals surface area contributed by atoms with E-state index in [0.29, 0.717) is 6.54 Å². The minimum Gasteiger partial charge on any atom is -0.508 e. The Morgan fingerprint density at radius 3 is 2.93 bits per heavy atom. The molecule has 1 saturated heterocycles. The lowest BCUT2D eigenvalue weighted by Gasteiger charge is -2.09. The highest BCUT2D eigenvalue weighted by Gasteiger charge is 2.26. The first-order valence-electron chi connectivity index (χ1n) is 4.47. The van der Waals surface area contributed by atoms with Crippen LogP contribution < -0.4 is 5.32 Å². The van der Waals surface area contributed by atoms with E-state index in [4.69, 9.17) is 0 Å². The van der Waals surface area contributed by atoms with Gasteiger partial charge in [-0.1, -0.05) is 12.1 Å². The molecule has 1 atom stereocenters. The van der Waals surface area contributed by atoms with Gasteiger partial charge in [0.15, 0.2) is 0 Å². The molecule has 2 N–H and O–H groups in total. The van der Waals surface area contributed by atoms with Gasteiger partial charge >= 0.3 is 6.03 Å². The molecule has 0 bridgehead atoms. The standard InChI is InChI=1S/C10H12N2O2/c1-12-6-9(11-10(12)14)7-3-2-4-8(13)5-7/h2-5,9,13H,6H2,1H3,(H,11,14). The highest BCUT2D eigenvalue weighted by atomic mass is 16.3. The van der Waals surface area contributed by atoms with E-state index in [1.54, 1.807) is 30.1 Å². The average molecular weight is 192 g/mol. The van der Waals surface area contributed by atoms with Crippen LogP contribution in [0.15, 0.2) is 24.3 Å². The van der Waals surface area contributed by atoms with Gasteiger partial charge in [0.2, 0.25) is 0 Å². The molecule has 0 aromatic heterocycles. The maximum absolute atomic E-state index is 11.2. The maximum Gasteiger partial charge on any atom is 0.317 e. The van der Waals surface area contributed by atoms with Gasteiger partial charge in [0.1, 0.15) is 5.75 Å². The summed E-state index contributed by atoms with van der Waals surface area (Å²) < 4.78 is 0. The van der Waals surface area contributed by atoms with E-state index in [2.05, 4.69) is 5.32 Å². The monoisotopic (exact) mass is 192 g/mol. The van der Waals surface area contributed by atoms with Crippen LogP contribution >= 0.6 is 0 Å². The number of phenols is 1. The zero-order valence-corrected chi connectivity index (χ0v) is 7.90. The largest absolute Gasteiger partial charge is 0.508 e. The van der Waals surface area contributed by atoms with Gasteiger partial charge in [-0.25, -0.2) is 4.79 Å². The number of phenolic OH excluding ortho intramolecular Hbond substituents is 1. The fourth-order valence-electron chi connectivity index (χ4n) is 1.59. The molecule has 1 aromatic carbocycles. The van der Waals surface area contributed by atoms with Gasteiger partial charge in [0.25, 0.3) is 0 Å². The van der Waals surface area contributed by atoms with Crippen LogP contribution in [0.3, 0.4) is 0 Å². The van der Waals surface area contributed by atoms with E-state index in [1.807, 2.05) is 6.07 Å². The molecule has 1 aliphatic rings. The molecular weight excluding hydrogens is 180 g/mol. The van der Waals surface area contributed by atoms with Crippen molar-refractivity contribution >= 4 is 6.03 Å². The Morgan fingerprint density at radius 2 is 2.36 bits per heavy atom. The van der Waals surface area contributed by atoms with Crippen molar-refractivity contribution in [3.8, 4) is 5.75 Å². The van der Waals surface area contributed by atoms with E-state index in [-0.39, 0.29) is 17.8 Å². The smallest absolute Gasteiger partial charge is 0.317 e. The van der Waals surface area contributed by atoms with Gasteiger partial charge in [0.05, 0.1) is 6.04 Å². The fourth-order valence-corrected chi connectivity index (χ4v) is 1.59. The minimum atomic E-state index is -0.0710. The zero-order chi connectivity index (χ0) is 10.1. The molecule has 4 heteroatoms. The lowest BCUT2D eigenvalue weighted by Crippen LogP contribution is -2.23. The summed E-state index contributed by atoms with van der Waals surface area (Å²) in [5.41, 5.74) is 0.933. The summed E-state index contributed by atoms with van der Waals surface area (Å²) in [6, 6.07) is 6.87. The molecule has 1 aliphatic heterocycles. The Balaban J connectivity index is 2.21. The molecule has 2 amide bonds. The first-order chi connectivity index (χ1) is 6.66. The zero-order valence-electron chi connectivity index (χ0n) is 7.90. The summed E-state index contributed by atoms with van der Waals surface area (Å²) in [6.07, 6.45) is 0. The molecule has 14 heavy (non-hydrogen) atoms. The van der Waals surface area contributed by atoms with Gasteiger partial charge in [-0.15, -0.1) is 0 Å². The normalized spacial score (nSPS) is 21.1. The maximum atomic E-state index is 11.2. The number of aromatic hydroxyl groups is 1. The summed E-state index contributed by atoms with van der Waals surface area (Å²) in [6.45, 7) is 0.641. The number of amides is 2. The Kier molecular flexibility index (Phi) is 2.04. The second-order valence-electron chi connectivity index (χ2n) is 3.48. The molecule has 1 heterocycles. The van der Waals surface area contributed by atoms with Gasteiger partial charge in [-0.2, -0.15) is 0 Å². The number of hydrogen-bond donors (Lipinski definition) is 2. The summed E-state index contributed by atoms with van der Waals surface area (Å²) in [5.74, 6) is 0.228. The molecule has 4 nitrogen and oxygen atoms in total. The van der Waals surface area contributed by atoms with Crippen molar-refractivity contribution in [2.45, 2.75) is 6.04 Å². The lowest BCUT2D eigenvalue weighted by atomic mass is 10.1. The number of likely N-dealkylation sites (N-methyl/N-ethyl adjacent to an activating group) is 1. The van der Waals surface area contributed by atoms with Crippen molar-refractivity contribution in [1.29, 1.82) is 0 Å². The molecule has 0 radical (unpaired) electrons. The fraction of sp³-hybridized carbons (Fsp3) is 0.300. The topological polar surface area (TPSA) is 52.6 Å². The van der Waals surface area contributed by atoms with Gasteiger partial charge in [-0.05, 0) is 17.7 Å². The van der Waals surface area contributed by atoms with Crippen LogP contribution in [0.25, 0.3) is 0 Å². The van der Waals surface area contributed by atoms with Crippen LogP contribution in [0.5, 0.6) is 5.75 Å². The Hall–Kier alpha value is -1.71. The van der Waals surface area contributed by atoms with Crippen molar-refractivity contribution in [2.75, 3.05) is 13.6 Å². The van der Waals surface area contributed by atoms with Crippen molar-refractivity contribution in [3.05, 3.63) is 29.8 Å². The Labute approximate surface area is 82.2 Å². The quantitative estimate of drug-likeness (QED) is 0.699. The second-order valence-corrected chi connectivity index (χ2v) is 3.48. The third kappa shape index (κ3) is 1.51. The highest BCUT2D eigenvalue weighted by molar-refractivity contribution is 5.76. The van der Waals surface area contributed by atoms with Crippen LogP contribution in [0, 0.1) is 0 Å². The number of rotatable bonds is 1. The summed E-state index contributed by atoms with van der Waals surface area (Å²) >= 11 is 0. The van der Waals surface area contributed by atoms with E-state index in [0.717, 1.165) is 5.56 Å². The molecule has 0 spiro atoms. The van der Waals surface area contributed by atoms with Crippen molar-refractivity contribution in [2.24, 2.45) is 0 Å². The predicted molar refractivity (Wildman–Crippen MR) is 52.0 cm³/mol. The highest BCUT2D eigenvalue weighted by Crippen LogP contribution is 2.22. The SMILES string of the molecule is CN1CC(c2cccc(O)c2)NC1=O. The first-order valence-corrected chi connectivity index (χ1v) is 4.47. The third-order valence-corrected chi connectivity index (χ3v) is 2.37. The summed E-state index contributed by atoms with van der Waals surface area (Å²) in [4.78, 5) is 12.8. The number of nitrogens with zero attached hydrogens (tertiary/aromatic N) is 1. The molecule has 0 aliphatic carbocycles. The first kappa shape index (κ1) is 8.87. The second kappa shape index (κ2) is 3.21. The molecule has 1 fully saturated rings. The average Bonchev–Trinajstić information content (AvgIpc) is 2.47. The van der Waals surface area contributed by atoms with Crippen LogP contribution in [-0.4, -0.2) is 29.6 Å². The summed E-state index contributed by atoms with van der Waals surface area (Å²) in [5, 5.41) is 12.1.